The van der Waals surface area contributed by atoms with Gasteiger partial charge in [0.1, 0.15) is 0 Å². The molecule has 0 spiro atoms. The van der Waals surface area contributed by atoms with Crippen molar-refractivity contribution in [3.05, 3.63) is 0 Å². The molecule has 0 aromatic carbocycles. The fourth-order valence-corrected chi connectivity index (χ4v) is 2.61. The van der Waals surface area contributed by atoms with Gasteiger partial charge in [0, 0.05) is 5.33 Å². The van der Waals surface area contributed by atoms with Crippen LogP contribution < -0.4 is 0 Å². The second kappa shape index (κ2) is 13.4. The number of halogens is 1. The number of hydrogen-bond acceptors (Lipinski definition) is 2. The van der Waals surface area contributed by atoms with Crippen molar-refractivity contribution in [2.45, 2.75) is 70.6 Å². The number of aliphatic carboxylic acids is 2. The van der Waals surface area contributed by atoms with Crippen LogP contribution in [0.25, 0.3) is 0 Å². The van der Waals surface area contributed by atoms with Gasteiger partial charge < -0.3 is 10.2 Å². The van der Waals surface area contributed by atoms with Crippen LogP contribution in [0.4, 0.5) is 0 Å². The number of rotatable bonds is 14. The van der Waals surface area contributed by atoms with Crippen LogP contribution in [0.2, 0.25) is 0 Å². The summed E-state index contributed by atoms with van der Waals surface area (Å²) in [5, 5.41) is 18.5. The van der Waals surface area contributed by atoms with Crippen LogP contribution in [0, 0.1) is 5.92 Å². The molecule has 0 aromatic rings. The maximum absolute atomic E-state index is 10.7. The zero-order valence-electron chi connectivity index (χ0n) is 12.2. The van der Waals surface area contributed by atoms with Crippen molar-refractivity contribution in [1.82, 2.24) is 0 Å². The van der Waals surface area contributed by atoms with E-state index < -0.39 is 17.9 Å². The van der Waals surface area contributed by atoms with Gasteiger partial charge in [-0.1, -0.05) is 73.7 Å². The monoisotopic (exact) mass is 350 g/mol. The Balaban J connectivity index is 3.32. The van der Waals surface area contributed by atoms with Gasteiger partial charge in [0.05, 0.1) is 0 Å². The van der Waals surface area contributed by atoms with E-state index in [1.54, 1.807) is 0 Å². The highest BCUT2D eigenvalue weighted by Crippen LogP contribution is 2.14. The van der Waals surface area contributed by atoms with Gasteiger partial charge in [-0.05, 0) is 12.8 Å². The number of carbonyl (C=O) groups is 2. The Morgan fingerprint density at radius 3 is 1.40 bits per heavy atom. The van der Waals surface area contributed by atoms with E-state index in [0.717, 1.165) is 18.2 Å². The molecule has 0 bridgehead atoms. The number of carboxylic acid groups (broad SMARTS) is 2. The van der Waals surface area contributed by atoms with Gasteiger partial charge in [-0.2, -0.15) is 0 Å². The van der Waals surface area contributed by atoms with Gasteiger partial charge in [-0.25, -0.2) is 0 Å². The molecule has 20 heavy (non-hydrogen) atoms. The lowest BCUT2D eigenvalue weighted by Gasteiger charge is -2.06. The SMILES string of the molecule is O=C(O)C(CCCCCCCCCCCCBr)C(=O)O. The third-order valence-electron chi connectivity index (χ3n) is 3.47. The predicted molar refractivity (Wildman–Crippen MR) is 83.3 cm³/mol. The number of hydrogen-bond donors (Lipinski definition) is 2. The molecule has 0 aromatic heterocycles. The van der Waals surface area contributed by atoms with Gasteiger partial charge in [0.2, 0.25) is 0 Å². The van der Waals surface area contributed by atoms with Gasteiger partial charge in [-0.3, -0.25) is 9.59 Å². The average Bonchev–Trinajstić information content (AvgIpc) is 2.39. The first kappa shape index (κ1) is 19.4. The first-order valence-corrected chi connectivity index (χ1v) is 8.73. The summed E-state index contributed by atoms with van der Waals surface area (Å²) >= 11 is 3.42. The van der Waals surface area contributed by atoms with Crippen molar-refractivity contribution in [3.8, 4) is 0 Å². The number of alkyl halides is 1. The Kier molecular flexibility index (Phi) is 13.0. The number of carboxylic acids is 2. The van der Waals surface area contributed by atoms with Gasteiger partial charge in [0.15, 0.2) is 5.92 Å². The molecule has 0 saturated carbocycles. The summed E-state index contributed by atoms with van der Waals surface area (Å²) < 4.78 is 0. The fourth-order valence-electron chi connectivity index (χ4n) is 2.21. The Hall–Kier alpha value is -0.580. The Labute approximate surface area is 130 Å². The molecule has 0 fully saturated rings. The van der Waals surface area contributed by atoms with E-state index >= 15 is 0 Å². The van der Waals surface area contributed by atoms with E-state index in [2.05, 4.69) is 15.9 Å². The van der Waals surface area contributed by atoms with Crippen molar-refractivity contribution < 1.29 is 19.8 Å². The lowest BCUT2D eigenvalue weighted by molar-refractivity contribution is -0.154. The second-order valence-corrected chi connectivity index (χ2v) is 6.04. The van der Waals surface area contributed by atoms with E-state index in [1.165, 1.54) is 44.9 Å². The first-order chi connectivity index (χ1) is 9.59. The van der Waals surface area contributed by atoms with Crippen molar-refractivity contribution in [2.24, 2.45) is 5.92 Å². The maximum atomic E-state index is 10.7. The predicted octanol–water partition coefficient (Wildman–Crippen LogP) is 4.46. The Morgan fingerprint density at radius 1 is 0.700 bits per heavy atom. The van der Waals surface area contributed by atoms with E-state index in [-0.39, 0.29) is 6.42 Å². The summed E-state index contributed by atoms with van der Waals surface area (Å²) in [5.74, 6) is -3.67. The molecule has 0 unspecified atom stereocenters. The highest BCUT2D eigenvalue weighted by atomic mass is 79.9. The standard InChI is InChI=1S/C15H27BrO4/c16-12-10-8-6-4-2-1-3-5-7-9-11-13(14(17)18)15(19)20/h13H,1-12H2,(H,17,18)(H,19,20). The highest BCUT2D eigenvalue weighted by Gasteiger charge is 2.24. The van der Waals surface area contributed by atoms with Crippen LogP contribution in [0.3, 0.4) is 0 Å². The summed E-state index contributed by atoms with van der Waals surface area (Å²) in [6.07, 6.45) is 11.8. The molecule has 0 heterocycles. The van der Waals surface area contributed by atoms with Gasteiger partial charge in [0.25, 0.3) is 0 Å². The molecule has 118 valence electrons. The normalized spacial score (nSPS) is 10.9. The van der Waals surface area contributed by atoms with Crippen LogP contribution in [-0.2, 0) is 9.59 Å². The average molecular weight is 351 g/mol. The summed E-state index contributed by atoms with van der Waals surface area (Å²) in [5.41, 5.74) is 0. The molecular weight excluding hydrogens is 324 g/mol. The van der Waals surface area contributed by atoms with Crippen LogP contribution in [-0.4, -0.2) is 27.5 Å². The third-order valence-corrected chi connectivity index (χ3v) is 4.03. The lowest BCUT2D eigenvalue weighted by Crippen LogP contribution is -2.23. The van der Waals surface area contributed by atoms with E-state index in [0.29, 0.717) is 6.42 Å². The Morgan fingerprint density at radius 2 is 1.05 bits per heavy atom. The van der Waals surface area contributed by atoms with Crippen LogP contribution in [0.5, 0.6) is 0 Å². The molecule has 0 aliphatic heterocycles. The smallest absolute Gasteiger partial charge is 0.317 e. The van der Waals surface area contributed by atoms with Crippen molar-refractivity contribution in [1.29, 1.82) is 0 Å². The molecular formula is C15H27BrO4. The molecule has 0 aliphatic rings. The largest absolute Gasteiger partial charge is 0.481 e. The molecule has 0 radical (unpaired) electrons. The Bertz CT molecular complexity index is 255. The summed E-state index contributed by atoms with van der Waals surface area (Å²) in [6.45, 7) is 0. The minimum absolute atomic E-state index is 0.247. The molecule has 4 nitrogen and oxygen atoms in total. The quantitative estimate of drug-likeness (QED) is 0.275. The molecule has 0 amide bonds. The number of unbranched alkanes of at least 4 members (excludes halogenated alkanes) is 9. The highest BCUT2D eigenvalue weighted by molar-refractivity contribution is 9.09. The summed E-state index contributed by atoms with van der Waals surface area (Å²) in [7, 11) is 0. The summed E-state index contributed by atoms with van der Waals surface area (Å²) in [6, 6.07) is 0. The maximum Gasteiger partial charge on any atom is 0.317 e. The van der Waals surface area contributed by atoms with Gasteiger partial charge >= 0.3 is 11.9 Å². The van der Waals surface area contributed by atoms with E-state index in [1.807, 2.05) is 0 Å². The lowest BCUT2D eigenvalue weighted by atomic mass is 10.00. The van der Waals surface area contributed by atoms with Crippen molar-refractivity contribution in [2.75, 3.05) is 5.33 Å². The molecule has 5 heteroatoms. The van der Waals surface area contributed by atoms with E-state index in [4.69, 9.17) is 10.2 Å². The van der Waals surface area contributed by atoms with Crippen molar-refractivity contribution in [3.63, 3.8) is 0 Å². The molecule has 0 saturated heterocycles. The minimum atomic E-state index is -1.23. The van der Waals surface area contributed by atoms with Gasteiger partial charge in [-0.15, -0.1) is 0 Å². The van der Waals surface area contributed by atoms with Crippen LogP contribution >= 0.6 is 15.9 Å². The zero-order chi connectivity index (χ0) is 15.2. The molecule has 2 N–H and O–H groups in total. The van der Waals surface area contributed by atoms with Crippen molar-refractivity contribution >= 4 is 27.9 Å². The van der Waals surface area contributed by atoms with Crippen LogP contribution in [0.1, 0.15) is 70.6 Å². The fraction of sp³-hybridized carbons (Fsp3) is 0.867. The first-order valence-electron chi connectivity index (χ1n) is 7.61. The van der Waals surface area contributed by atoms with Crippen LogP contribution in [0.15, 0.2) is 0 Å². The summed E-state index contributed by atoms with van der Waals surface area (Å²) in [4.78, 5) is 21.3. The van der Waals surface area contributed by atoms with E-state index in [9.17, 15) is 9.59 Å². The second-order valence-electron chi connectivity index (χ2n) is 5.24. The molecule has 0 atom stereocenters. The molecule has 0 rings (SSSR count). The molecule has 0 aliphatic carbocycles. The third kappa shape index (κ3) is 11.3. The topological polar surface area (TPSA) is 74.6 Å². The zero-order valence-corrected chi connectivity index (χ0v) is 13.7. The minimum Gasteiger partial charge on any atom is -0.481 e.